The lowest BCUT2D eigenvalue weighted by atomic mass is 10.0. The van der Waals surface area contributed by atoms with Gasteiger partial charge in [0.05, 0.1) is 28.1 Å². The predicted octanol–water partition coefficient (Wildman–Crippen LogP) is 8.19. The van der Waals surface area contributed by atoms with Crippen molar-refractivity contribution in [1.29, 1.82) is 0 Å². The highest BCUT2D eigenvalue weighted by atomic mass is 32.2. The van der Waals surface area contributed by atoms with Crippen LogP contribution >= 0.6 is 0 Å². The summed E-state index contributed by atoms with van der Waals surface area (Å²) in [6, 6.07) is 15.7. The lowest BCUT2D eigenvalue weighted by Crippen LogP contribution is -2.00. The predicted molar refractivity (Wildman–Crippen MR) is 185 cm³/mol. The highest BCUT2D eigenvalue weighted by Gasteiger charge is 2.25. The van der Waals surface area contributed by atoms with Gasteiger partial charge in [0.15, 0.2) is 5.75 Å². The summed E-state index contributed by atoms with van der Waals surface area (Å²) >= 11 is 0. The lowest BCUT2D eigenvalue weighted by molar-refractivity contribution is -0.254. The monoisotopic (exact) mass is 734 g/mol. The van der Waals surface area contributed by atoms with Crippen LogP contribution in [0, 0.1) is 6.92 Å². The van der Waals surface area contributed by atoms with Gasteiger partial charge in [0.2, 0.25) is 0 Å². The molecule has 0 bridgehead atoms. The first kappa shape index (κ1) is 37.3. The molecule has 52 heavy (non-hydrogen) atoms. The first-order valence-electron chi connectivity index (χ1n) is 14.8. The van der Waals surface area contributed by atoms with E-state index in [1.54, 1.807) is 13.0 Å². The number of phenols is 2. The van der Waals surface area contributed by atoms with Gasteiger partial charge in [-0.15, -0.1) is 15.3 Å². The van der Waals surface area contributed by atoms with Crippen LogP contribution in [-0.2, 0) is 44.6 Å². The van der Waals surface area contributed by atoms with Crippen molar-refractivity contribution in [1.82, 2.24) is 0 Å². The van der Waals surface area contributed by atoms with Crippen molar-refractivity contribution in [3.05, 3.63) is 89.0 Å². The second kappa shape index (κ2) is 15.9. The first-order chi connectivity index (χ1) is 24.8. The molecular weight excluding hydrogens is 704 g/mol. The number of benzene rings is 5. The molecule has 0 radical (unpaired) electrons. The van der Waals surface area contributed by atoms with Gasteiger partial charge >= 0.3 is 0 Å². The highest BCUT2D eigenvalue weighted by molar-refractivity contribution is 7.86. The molecule has 0 aromatic heterocycles. The maximum atomic E-state index is 12.5. The minimum atomic E-state index is -4.99. The smallest absolute Gasteiger partial charge is 0.296 e. The summed E-state index contributed by atoms with van der Waals surface area (Å²) in [6.07, 6.45) is 0. The van der Waals surface area contributed by atoms with Crippen LogP contribution in [0.15, 0.2) is 102 Å². The molecule has 0 saturated carbocycles. The number of hydrogen-bond acceptors (Lipinski definition) is 18. The van der Waals surface area contributed by atoms with Crippen LogP contribution in [0.1, 0.15) is 22.3 Å². The third-order valence-corrected chi connectivity index (χ3v) is 8.26. The molecule has 5 aromatic rings. The van der Waals surface area contributed by atoms with Crippen molar-refractivity contribution in [3.63, 3.8) is 0 Å². The van der Waals surface area contributed by atoms with Crippen molar-refractivity contribution in [2.75, 3.05) is 11.5 Å². The van der Waals surface area contributed by atoms with E-state index < -0.39 is 33.1 Å². The van der Waals surface area contributed by atoms with E-state index in [1.165, 1.54) is 54.6 Å². The molecule has 0 aliphatic carbocycles. The second-order valence-corrected chi connectivity index (χ2v) is 12.5. The van der Waals surface area contributed by atoms with Gasteiger partial charge in [0, 0.05) is 17.3 Å². The largest absolute Gasteiger partial charge is 0.506 e. The van der Waals surface area contributed by atoms with E-state index in [2.05, 4.69) is 45.3 Å². The Balaban J connectivity index is 1.57. The third kappa shape index (κ3) is 8.48. The Morgan fingerprint density at radius 1 is 0.673 bits per heavy atom. The van der Waals surface area contributed by atoms with E-state index in [0.717, 1.165) is 6.07 Å². The Bertz CT molecular complexity index is 2330. The Morgan fingerprint density at radius 3 is 1.92 bits per heavy atom. The van der Waals surface area contributed by atoms with E-state index in [4.69, 9.17) is 22.0 Å². The Hall–Kier alpha value is -5.97. The fourth-order valence-corrected chi connectivity index (χ4v) is 5.75. The van der Waals surface area contributed by atoms with Crippen LogP contribution in [0.5, 0.6) is 11.5 Å². The number of nitrogens with two attached hydrogens (primary N) is 2. The molecule has 0 saturated heterocycles. The number of aromatic hydroxyl groups is 2. The molecular formula is C32H30N8O11S. The van der Waals surface area contributed by atoms with Gasteiger partial charge in [0.1, 0.15) is 47.5 Å². The number of aryl methyl sites for hydroxylation is 1. The fraction of sp³-hybridized carbons (Fsp3) is 0.125. The number of phenolic OH excluding ortho intramolecular Hbond substituents is 2. The molecule has 0 spiro atoms. The summed E-state index contributed by atoms with van der Waals surface area (Å²) in [6.45, 7) is 0.792. The van der Waals surface area contributed by atoms with Gasteiger partial charge in [-0.05, 0) is 83.6 Å². The van der Waals surface area contributed by atoms with E-state index in [1.807, 2.05) is 0 Å². The fourth-order valence-electron chi connectivity index (χ4n) is 5.09. The Kier molecular flexibility index (Phi) is 11.4. The first-order valence-corrected chi connectivity index (χ1v) is 16.2. The van der Waals surface area contributed by atoms with Gasteiger partial charge in [0.25, 0.3) is 10.1 Å². The molecule has 20 heteroatoms. The molecule has 270 valence electrons. The zero-order valence-electron chi connectivity index (χ0n) is 26.9. The van der Waals surface area contributed by atoms with Crippen LogP contribution in [0.3, 0.4) is 0 Å². The van der Waals surface area contributed by atoms with E-state index in [-0.39, 0.29) is 69.4 Å². The van der Waals surface area contributed by atoms with Crippen molar-refractivity contribution < 1.29 is 53.6 Å². The average Bonchev–Trinajstić information content (AvgIpc) is 3.07. The van der Waals surface area contributed by atoms with Crippen LogP contribution in [0.4, 0.5) is 45.5 Å². The van der Waals surface area contributed by atoms with Crippen molar-refractivity contribution >= 4 is 66.4 Å². The second-order valence-electron chi connectivity index (χ2n) is 11.1. The van der Waals surface area contributed by atoms with Gasteiger partial charge < -0.3 is 21.7 Å². The van der Waals surface area contributed by atoms with Gasteiger partial charge in [-0.3, -0.25) is 20.3 Å². The molecule has 0 heterocycles. The van der Waals surface area contributed by atoms with Crippen molar-refractivity contribution in [2.45, 2.75) is 31.6 Å². The summed E-state index contributed by atoms with van der Waals surface area (Å²) in [5, 5.41) is 72.8. The number of rotatable bonds is 13. The van der Waals surface area contributed by atoms with Crippen LogP contribution < -0.4 is 11.5 Å². The summed E-state index contributed by atoms with van der Waals surface area (Å²) in [7, 11) is -4.99. The topological polar surface area (TPSA) is 309 Å². The van der Waals surface area contributed by atoms with Crippen LogP contribution in [0.2, 0.25) is 0 Å². The molecule has 0 aliphatic heterocycles. The van der Waals surface area contributed by atoms with Gasteiger partial charge in [-0.25, -0.2) is 14.7 Å². The molecule has 5 rings (SSSR count). The van der Waals surface area contributed by atoms with Gasteiger partial charge in [-0.1, -0.05) is 6.07 Å². The SMILES string of the molecule is Cc1cc2cc(S(=O)(=O)O)c(N=Nc3ccc(N=Nc4ccc(N)cc4O)cc3COO)c(O)c2c(N)c1N=Nc1cc(COO)cc(COO)c1. The van der Waals surface area contributed by atoms with E-state index >= 15 is 0 Å². The number of anilines is 2. The Morgan fingerprint density at radius 2 is 1.29 bits per heavy atom. The highest BCUT2D eigenvalue weighted by Crippen LogP contribution is 2.47. The average molecular weight is 735 g/mol. The Labute approximate surface area is 293 Å². The number of azo groups is 3. The molecule has 10 N–H and O–H groups in total. The lowest BCUT2D eigenvalue weighted by Gasteiger charge is -2.14. The molecule has 0 fully saturated rings. The third-order valence-electron chi connectivity index (χ3n) is 7.40. The van der Waals surface area contributed by atoms with Crippen LogP contribution in [0.25, 0.3) is 10.8 Å². The number of hydrogen-bond donors (Lipinski definition) is 8. The summed E-state index contributed by atoms with van der Waals surface area (Å²) in [5.74, 6) is -0.965. The summed E-state index contributed by atoms with van der Waals surface area (Å²) in [4.78, 5) is 11.9. The number of fused-ring (bicyclic) bond motifs is 1. The van der Waals surface area contributed by atoms with Crippen molar-refractivity contribution in [2.24, 2.45) is 30.7 Å². The van der Waals surface area contributed by atoms with E-state index in [0.29, 0.717) is 22.4 Å². The number of nitrogen functional groups attached to an aromatic ring is 2. The minimum Gasteiger partial charge on any atom is -0.506 e. The molecule has 0 unspecified atom stereocenters. The number of nitrogens with zero attached hydrogens (tertiary/aromatic N) is 6. The normalized spacial score (nSPS) is 12.2. The summed E-state index contributed by atoms with van der Waals surface area (Å²) in [5.41, 5.74) is 13.9. The zero-order valence-corrected chi connectivity index (χ0v) is 27.8. The van der Waals surface area contributed by atoms with Gasteiger partial charge in [-0.2, -0.15) is 23.8 Å². The quantitative estimate of drug-likeness (QED) is 0.0186. The van der Waals surface area contributed by atoms with Crippen LogP contribution in [-0.4, -0.2) is 39.0 Å². The molecule has 0 aliphatic rings. The standard InChI is InChI=1S/C32H30N8O11S/c1-16-6-19-11-27(52(46,47)48)31(32(42)28(19)29(34)30(16)39-36-23-8-17(13-49-43)7-18(9-23)14-50-44)40-37-24-5-3-22(10-20(24)15-51-45)35-38-25-4-2-21(33)12-26(25)41/h2-12,41-45H,13-15,33-34H2,1H3,(H,46,47,48). The minimum absolute atomic E-state index is 0.0373. The molecule has 5 aromatic carbocycles. The maximum absolute atomic E-state index is 12.5. The molecule has 0 atom stereocenters. The maximum Gasteiger partial charge on any atom is 0.296 e. The molecule has 19 nitrogen and oxygen atoms in total. The van der Waals surface area contributed by atoms with E-state index in [9.17, 15) is 28.4 Å². The molecule has 0 amide bonds. The van der Waals surface area contributed by atoms with Crippen molar-refractivity contribution in [3.8, 4) is 11.5 Å². The summed E-state index contributed by atoms with van der Waals surface area (Å²) < 4.78 is 35.0. The zero-order chi connectivity index (χ0) is 37.6.